The number of carbonyl (C=O) groups excluding carboxylic acids is 1. The van der Waals surface area contributed by atoms with Crippen molar-refractivity contribution in [2.24, 2.45) is 0 Å². The zero-order valence-electron chi connectivity index (χ0n) is 15.7. The fourth-order valence-corrected chi connectivity index (χ4v) is 3.26. The van der Waals surface area contributed by atoms with Gasteiger partial charge in [0, 0.05) is 50.3 Å². The van der Waals surface area contributed by atoms with Gasteiger partial charge in [0.05, 0.1) is 12.1 Å². The van der Waals surface area contributed by atoms with E-state index >= 15 is 0 Å². The summed E-state index contributed by atoms with van der Waals surface area (Å²) in [7, 11) is 0. The number of imidazole rings is 1. The molecule has 0 aliphatic carbocycles. The largest absolute Gasteiger partial charge is 0.334 e. The van der Waals surface area contributed by atoms with Crippen molar-refractivity contribution < 1.29 is 4.79 Å². The van der Waals surface area contributed by atoms with Crippen LogP contribution in [-0.4, -0.2) is 30.2 Å². The maximum Gasteiger partial charge on any atom is 0.229 e. The van der Waals surface area contributed by atoms with E-state index in [1.165, 1.54) is 0 Å². The molecule has 0 spiro atoms. The lowest BCUT2D eigenvalue weighted by Crippen LogP contribution is -2.31. The Morgan fingerprint density at radius 2 is 1.64 bits per heavy atom. The van der Waals surface area contributed by atoms with Crippen LogP contribution >= 0.6 is 0 Å². The quantitative estimate of drug-likeness (QED) is 0.522. The van der Waals surface area contributed by atoms with Crippen molar-refractivity contribution in [3.05, 3.63) is 96.0 Å². The topological polar surface area (TPSA) is 63.4 Å². The first kappa shape index (κ1) is 17.9. The first-order chi connectivity index (χ1) is 13.7. The molecule has 28 heavy (non-hydrogen) atoms. The molecule has 0 saturated carbocycles. The van der Waals surface area contributed by atoms with E-state index in [-0.39, 0.29) is 12.3 Å². The summed E-state index contributed by atoms with van der Waals surface area (Å²) in [4.78, 5) is 27.8. The summed E-state index contributed by atoms with van der Waals surface area (Å²) < 4.78 is 1.99. The van der Waals surface area contributed by atoms with Crippen LogP contribution in [0.2, 0.25) is 0 Å². The summed E-state index contributed by atoms with van der Waals surface area (Å²) in [5.41, 5.74) is 4.84. The summed E-state index contributed by atoms with van der Waals surface area (Å²) in [6.07, 6.45) is 11.1. The Labute approximate surface area is 163 Å². The van der Waals surface area contributed by atoms with E-state index < -0.39 is 0 Å². The molecule has 0 aliphatic heterocycles. The van der Waals surface area contributed by atoms with Gasteiger partial charge >= 0.3 is 0 Å². The van der Waals surface area contributed by atoms with E-state index in [1.54, 1.807) is 31.0 Å². The number of nitrogens with zero attached hydrogens (tertiary/aromatic N) is 5. The van der Waals surface area contributed by atoms with Crippen LogP contribution in [-0.2, 0) is 24.3 Å². The molecule has 1 amide bonds. The zero-order chi connectivity index (χ0) is 19.3. The maximum atomic E-state index is 13.2. The third-order valence-electron chi connectivity index (χ3n) is 4.69. The minimum absolute atomic E-state index is 0.0380. The Kier molecular flexibility index (Phi) is 5.10. The molecular weight excluding hydrogens is 350 g/mol. The molecule has 0 atom stereocenters. The number of aryl methyl sites for hydroxylation is 1. The molecule has 4 heterocycles. The molecular formula is C22H21N5O. The summed E-state index contributed by atoms with van der Waals surface area (Å²) in [6.45, 7) is 3.01. The molecule has 6 heteroatoms. The number of rotatable bonds is 6. The van der Waals surface area contributed by atoms with E-state index in [0.29, 0.717) is 13.1 Å². The molecule has 0 radical (unpaired) electrons. The van der Waals surface area contributed by atoms with Gasteiger partial charge in [-0.05, 0) is 41.8 Å². The maximum absolute atomic E-state index is 13.2. The lowest BCUT2D eigenvalue weighted by molar-refractivity contribution is -0.131. The van der Waals surface area contributed by atoms with Crippen LogP contribution in [0.15, 0.2) is 73.6 Å². The van der Waals surface area contributed by atoms with Crippen molar-refractivity contribution in [2.75, 3.05) is 0 Å². The van der Waals surface area contributed by atoms with Gasteiger partial charge in [0.2, 0.25) is 5.91 Å². The Bertz CT molecular complexity index is 1030. The van der Waals surface area contributed by atoms with Crippen molar-refractivity contribution in [1.29, 1.82) is 0 Å². The zero-order valence-corrected chi connectivity index (χ0v) is 15.7. The lowest BCUT2D eigenvalue weighted by atomic mass is 10.2. The molecule has 0 N–H and O–H groups in total. The van der Waals surface area contributed by atoms with E-state index in [9.17, 15) is 4.79 Å². The highest BCUT2D eigenvalue weighted by Gasteiger charge is 2.18. The van der Waals surface area contributed by atoms with Crippen LogP contribution in [0.5, 0.6) is 0 Å². The van der Waals surface area contributed by atoms with Gasteiger partial charge in [0.15, 0.2) is 0 Å². The highest BCUT2D eigenvalue weighted by Crippen LogP contribution is 2.15. The van der Waals surface area contributed by atoms with Crippen molar-refractivity contribution in [3.63, 3.8) is 0 Å². The highest BCUT2D eigenvalue weighted by atomic mass is 16.2. The predicted molar refractivity (Wildman–Crippen MR) is 106 cm³/mol. The molecule has 0 aromatic carbocycles. The van der Waals surface area contributed by atoms with Crippen LogP contribution in [0.3, 0.4) is 0 Å². The highest BCUT2D eigenvalue weighted by molar-refractivity contribution is 5.78. The number of fused-ring (bicyclic) bond motifs is 1. The van der Waals surface area contributed by atoms with E-state index in [4.69, 9.17) is 0 Å². The van der Waals surface area contributed by atoms with Gasteiger partial charge in [-0.25, -0.2) is 4.98 Å². The summed E-state index contributed by atoms with van der Waals surface area (Å²) in [6, 6.07) is 11.7. The van der Waals surface area contributed by atoms with Crippen molar-refractivity contribution in [2.45, 2.75) is 26.4 Å². The third kappa shape index (κ3) is 3.91. The van der Waals surface area contributed by atoms with Gasteiger partial charge in [-0.1, -0.05) is 18.2 Å². The van der Waals surface area contributed by atoms with Crippen molar-refractivity contribution in [1.82, 2.24) is 24.3 Å². The molecule has 4 rings (SSSR count). The number of hydrogen-bond donors (Lipinski definition) is 0. The monoisotopic (exact) mass is 371 g/mol. The van der Waals surface area contributed by atoms with Gasteiger partial charge in [-0.2, -0.15) is 0 Å². The van der Waals surface area contributed by atoms with Crippen LogP contribution in [0.4, 0.5) is 0 Å². The van der Waals surface area contributed by atoms with Gasteiger partial charge in [-0.15, -0.1) is 0 Å². The molecule has 4 aromatic heterocycles. The average molecular weight is 371 g/mol. The second-order valence-electron chi connectivity index (χ2n) is 6.78. The molecule has 0 bridgehead atoms. The lowest BCUT2D eigenvalue weighted by Gasteiger charge is -2.23. The predicted octanol–water partition coefficient (Wildman–Crippen LogP) is 3.20. The van der Waals surface area contributed by atoms with E-state index in [0.717, 1.165) is 28.0 Å². The summed E-state index contributed by atoms with van der Waals surface area (Å²) in [5, 5.41) is 0. The summed E-state index contributed by atoms with van der Waals surface area (Å²) in [5.74, 6) is 0.0380. The number of pyridine rings is 3. The second kappa shape index (κ2) is 8.00. The van der Waals surface area contributed by atoms with Crippen LogP contribution in [0.25, 0.3) is 5.65 Å². The minimum atomic E-state index is 0.0380. The molecule has 0 unspecified atom stereocenters. The fraction of sp³-hybridized carbons (Fsp3) is 0.182. The Hall–Kier alpha value is -3.54. The Morgan fingerprint density at radius 3 is 2.25 bits per heavy atom. The van der Waals surface area contributed by atoms with Gasteiger partial charge in [-0.3, -0.25) is 14.8 Å². The first-order valence-electron chi connectivity index (χ1n) is 9.18. The fourth-order valence-electron chi connectivity index (χ4n) is 3.26. The first-order valence-corrected chi connectivity index (χ1v) is 9.18. The van der Waals surface area contributed by atoms with Crippen LogP contribution in [0, 0.1) is 6.92 Å². The Morgan fingerprint density at radius 1 is 0.964 bits per heavy atom. The van der Waals surface area contributed by atoms with Gasteiger partial charge in [0.25, 0.3) is 0 Å². The smallest absolute Gasteiger partial charge is 0.229 e. The molecule has 0 fully saturated rings. The van der Waals surface area contributed by atoms with E-state index in [1.807, 2.05) is 58.8 Å². The van der Waals surface area contributed by atoms with Crippen molar-refractivity contribution >= 4 is 11.6 Å². The number of carbonyl (C=O) groups is 1. The third-order valence-corrected chi connectivity index (χ3v) is 4.69. The SMILES string of the molecule is Cc1cccn2c(CC(=O)N(Cc3cccnc3)Cc3cccnc3)cnc12. The minimum Gasteiger partial charge on any atom is -0.334 e. The van der Waals surface area contributed by atoms with Gasteiger partial charge < -0.3 is 9.30 Å². The molecule has 6 nitrogen and oxygen atoms in total. The van der Waals surface area contributed by atoms with Crippen LogP contribution in [0.1, 0.15) is 22.4 Å². The molecule has 0 saturated heterocycles. The normalized spacial score (nSPS) is 10.9. The van der Waals surface area contributed by atoms with Gasteiger partial charge in [0.1, 0.15) is 5.65 Å². The van der Waals surface area contributed by atoms with Crippen LogP contribution < -0.4 is 0 Å². The average Bonchev–Trinajstić information content (AvgIpc) is 3.13. The number of hydrogen-bond acceptors (Lipinski definition) is 4. The summed E-state index contributed by atoms with van der Waals surface area (Å²) >= 11 is 0. The molecule has 0 aliphatic rings. The van der Waals surface area contributed by atoms with E-state index in [2.05, 4.69) is 15.0 Å². The standard InChI is InChI=1S/C22H21N5O/c1-17-5-4-10-27-20(14-25-22(17)27)11-21(28)26(15-18-6-2-8-23-12-18)16-19-7-3-9-24-13-19/h2-10,12-14H,11,15-16H2,1H3. The number of amides is 1. The number of aromatic nitrogens is 4. The molecule has 4 aromatic rings. The van der Waals surface area contributed by atoms with Crippen molar-refractivity contribution in [3.8, 4) is 0 Å². The Balaban J connectivity index is 1.59. The second-order valence-corrected chi connectivity index (χ2v) is 6.78. The molecule has 140 valence electrons.